The van der Waals surface area contributed by atoms with Crippen LogP contribution < -0.4 is 4.74 Å². The number of hydrogen-bond donors (Lipinski definition) is 1. The van der Waals surface area contributed by atoms with Crippen LogP contribution in [0.3, 0.4) is 0 Å². The van der Waals surface area contributed by atoms with E-state index in [1.54, 1.807) is 12.4 Å². The number of hydrogen-bond acceptors (Lipinski definition) is 3. The van der Waals surface area contributed by atoms with Crippen molar-refractivity contribution in [3.8, 4) is 17.1 Å². The molecular weight excluding hydrogens is 252 g/mol. The molecular formula is C15H16N4O. The van der Waals surface area contributed by atoms with Crippen LogP contribution in [0.4, 0.5) is 0 Å². The lowest BCUT2D eigenvalue weighted by atomic mass is 10.2. The number of ether oxygens (including phenoxy) is 1. The molecule has 3 aromatic rings. The largest absolute Gasteiger partial charge is 0.493 e. The first-order valence-corrected chi connectivity index (χ1v) is 6.61. The van der Waals surface area contributed by atoms with Crippen LogP contribution in [0.5, 0.6) is 5.75 Å². The fraction of sp³-hybridized carbons (Fsp3) is 0.200. The normalized spacial score (nSPS) is 10.6. The van der Waals surface area contributed by atoms with Gasteiger partial charge in [-0.2, -0.15) is 0 Å². The monoisotopic (exact) mass is 268 g/mol. The Morgan fingerprint density at radius 3 is 2.95 bits per heavy atom. The number of nitrogens with one attached hydrogen (secondary N) is 1. The average molecular weight is 268 g/mol. The fourth-order valence-corrected chi connectivity index (χ4v) is 2.05. The summed E-state index contributed by atoms with van der Waals surface area (Å²) in [4.78, 5) is 11.4. The first kappa shape index (κ1) is 12.5. The van der Waals surface area contributed by atoms with E-state index >= 15 is 0 Å². The van der Waals surface area contributed by atoms with Gasteiger partial charge < -0.3 is 14.3 Å². The van der Waals surface area contributed by atoms with Gasteiger partial charge in [0, 0.05) is 31.3 Å². The highest BCUT2D eigenvalue weighted by atomic mass is 16.5. The van der Waals surface area contributed by atoms with E-state index in [0.717, 1.165) is 30.1 Å². The SMILES string of the molecule is c1ccc(-c2ncc[nH]2)c(OCCCn2ccnc2)c1. The molecule has 0 atom stereocenters. The topological polar surface area (TPSA) is 55.7 Å². The molecule has 5 heteroatoms. The van der Waals surface area contributed by atoms with Gasteiger partial charge in [-0.25, -0.2) is 9.97 Å². The quantitative estimate of drug-likeness (QED) is 0.699. The van der Waals surface area contributed by atoms with Crippen molar-refractivity contribution >= 4 is 0 Å². The molecule has 0 spiro atoms. The number of para-hydroxylation sites is 1. The van der Waals surface area contributed by atoms with Crippen molar-refractivity contribution in [2.75, 3.05) is 6.61 Å². The number of imidazole rings is 2. The standard InChI is InChI=1S/C15H16N4O/c1-2-5-14(13(4-1)15-17-6-7-18-15)20-11-3-9-19-10-8-16-12-19/h1-2,4-8,10,12H,3,9,11H2,(H,17,18). The third-order valence-corrected chi connectivity index (χ3v) is 3.02. The summed E-state index contributed by atoms with van der Waals surface area (Å²) in [5.41, 5.74) is 0.986. The number of aromatic nitrogens is 4. The van der Waals surface area contributed by atoms with Crippen molar-refractivity contribution < 1.29 is 4.74 Å². The van der Waals surface area contributed by atoms with Gasteiger partial charge in [-0.1, -0.05) is 12.1 Å². The summed E-state index contributed by atoms with van der Waals surface area (Å²) in [5.74, 6) is 1.68. The van der Waals surface area contributed by atoms with Crippen molar-refractivity contribution in [3.63, 3.8) is 0 Å². The number of H-pyrrole nitrogens is 1. The van der Waals surface area contributed by atoms with E-state index in [9.17, 15) is 0 Å². The van der Waals surface area contributed by atoms with Crippen LogP contribution in [0.15, 0.2) is 55.4 Å². The Labute approximate surface area is 117 Å². The van der Waals surface area contributed by atoms with Crippen LogP contribution in [0.25, 0.3) is 11.4 Å². The zero-order valence-corrected chi connectivity index (χ0v) is 11.1. The van der Waals surface area contributed by atoms with Crippen molar-refractivity contribution in [1.82, 2.24) is 19.5 Å². The molecule has 2 aromatic heterocycles. The lowest BCUT2D eigenvalue weighted by Crippen LogP contribution is -2.03. The highest BCUT2D eigenvalue weighted by Crippen LogP contribution is 2.26. The van der Waals surface area contributed by atoms with Gasteiger partial charge in [0.15, 0.2) is 0 Å². The summed E-state index contributed by atoms with van der Waals surface area (Å²) in [7, 11) is 0. The first-order chi connectivity index (χ1) is 9.93. The van der Waals surface area contributed by atoms with Gasteiger partial charge in [0.25, 0.3) is 0 Å². The maximum Gasteiger partial charge on any atom is 0.141 e. The molecule has 0 radical (unpaired) electrons. The zero-order valence-electron chi connectivity index (χ0n) is 11.1. The van der Waals surface area contributed by atoms with E-state index in [0.29, 0.717) is 6.61 Å². The number of aryl methyl sites for hydroxylation is 1. The van der Waals surface area contributed by atoms with E-state index in [1.165, 1.54) is 0 Å². The fourth-order valence-electron chi connectivity index (χ4n) is 2.05. The van der Waals surface area contributed by atoms with E-state index in [4.69, 9.17) is 4.74 Å². The van der Waals surface area contributed by atoms with Crippen molar-refractivity contribution in [3.05, 3.63) is 55.4 Å². The summed E-state index contributed by atoms with van der Waals surface area (Å²) < 4.78 is 7.91. The molecule has 0 amide bonds. The third kappa shape index (κ3) is 2.88. The molecule has 102 valence electrons. The van der Waals surface area contributed by atoms with Gasteiger partial charge in [-0.3, -0.25) is 0 Å². The van der Waals surface area contributed by atoms with Crippen LogP contribution in [-0.4, -0.2) is 26.1 Å². The van der Waals surface area contributed by atoms with Gasteiger partial charge in [-0.15, -0.1) is 0 Å². The lowest BCUT2D eigenvalue weighted by molar-refractivity contribution is 0.303. The average Bonchev–Trinajstić information content (AvgIpc) is 3.17. The molecule has 5 nitrogen and oxygen atoms in total. The zero-order chi connectivity index (χ0) is 13.6. The Morgan fingerprint density at radius 1 is 1.20 bits per heavy atom. The molecule has 0 fully saturated rings. The number of rotatable bonds is 6. The predicted molar refractivity (Wildman–Crippen MR) is 76.4 cm³/mol. The van der Waals surface area contributed by atoms with Crippen LogP contribution >= 0.6 is 0 Å². The molecule has 0 saturated carbocycles. The van der Waals surface area contributed by atoms with Crippen LogP contribution in [0.1, 0.15) is 6.42 Å². The van der Waals surface area contributed by atoms with Gasteiger partial charge in [0.2, 0.25) is 0 Å². The van der Waals surface area contributed by atoms with Crippen LogP contribution in [0.2, 0.25) is 0 Å². The molecule has 2 heterocycles. The number of nitrogens with zero attached hydrogens (tertiary/aromatic N) is 3. The van der Waals surface area contributed by atoms with Crippen molar-refractivity contribution in [1.29, 1.82) is 0 Å². The van der Waals surface area contributed by atoms with E-state index in [-0.39, 0.29) is 0 Å². The second-order valence-corrected chi connectivity index (χ2v) is 4.44. The molecule has 0 aliphatic heterocycles. The van der Waals surface area contributed by atoms with Crippen LogP contribution in [-0.2, 0) is 6.54 Å². The minimum atomic E-state index is 0.663. The van der Waals surface area contributed by atoms with Crippen molar-refractivity contribution in [2.45, 2.75) is 13.0 Å². The summed E-state index contributed by atoms with van der Waals surface area (Å²) >= 11 is 0. The molecule has 0 aliphatic rings. The molecule has 3 rings (SSSR count). The smallest absolute Gasteiger partial charge is 0.141 e. The Kier molecular flexibility index (Phi) is 3.78. The van der Waals surface area contributed by atoms with E-state index in [1.807, 2.05) is 47.6 Å². The summed E-state index contributed by atoms with van der Waals surface area (Å²) in [6, 6.07) is 7.92. The maximum absolute atomic E-state index is 5.87. The summed E-state index contributed by atoms with van der Waals surface area (Å²) in [6.07, 6.45) is 10.0. The van der Waals surface area contributed by atoms with E-state index in [2.05, 4.69) is 15.0 Å². The summed E-state index contributed by atoms with van der Waals surface area (Å²) in [6.45, 7) is 1.57. The van der Waals surface area contributed by atoms with E-state index < -0.39 is 0 Å². The molecule has 20 heavy (non-hydrogen) atoms. The molecule has 0 unspecified atom stereocenters. The molecule has 1 N–H and O–H groups in total. The molecule has 1 aromatic carbocycles. The second kappa shape index (κ2) is 6.06. The minimum absolute atomic E-state index is 0.663. The number of aromatic amines is 1. The molecule has 0 aliphatic carbocycles. The van der Waals surface area contributed by atoms with Gasteiger partial charge in [-0.05, 0) is 18.6 Å². The Bertz CT molecular complexity index is 632. The van der Waals surface area contributed by atoms with Gasteiger partial charge in [0.05, 0.1) is 18.5 Å². The molecule has 0 bridgehead atoms. The van der Waals surface area contributed by atoms with Crippen LogP contribution in [0, 0.1) is 0 Å². The first-order valence-electron chi connectivity index (χ1n) is 6.61. The Morgan fingerprint density at radius 2 is 2.15 bits per heavy atom. The Balaban J connectivity index is 1.60. The highest BCUT2D eigenvalue weighted by Gasteiger charge is 2.07. The van der Waals surface area contributed by atoms with Gasteiger partial charge in [0.1, 0.15) is 11.6 Å². The minimum Gasteiger partial charge on any atom is -0.493 e. The van der Waals surface area contributed by atoms with Crippen molar-refractivity contribution in [2.24, 2.45) is 0 Å². The summed E-state index contributed by atoms with van der Waals surface area (Å²) in [5, 5.41) is 0. The highest BCUT2D eigenvalue weighted by molar-refractivity contribution is 5.63. The maximum atomic E-state index is 5.87. The predicted octanol–water partition coefficient (Wildman–Crippen LogP) is 2.74. The number of benzene rings is 1. The Hall–Kier alpha value is -2.56. The third-order valence-electron chi connectivity index (χ3n) is 3.02. The van der Waals surface area contributed by atoms with Gasteiger partial charge >= 0.3 is 0 Å². The molecule has 0 saturated heterocycles. The lowest BCUT2D eigenvalue weighted by Gasteiger charge is -2.10. The second-order valence-electron chi connectivity index (χ2n) is 4.44.